The first-order valence-corrected chi connectivity index (χ1v) is 7.58. The van der Waals surface area contributed by atoms with Gasteiger partial charge in [-0.2, -0.15) is 0 Å². The van der Waals surface area contributed by atoms with Crippen LogP contribution in [0.15, 0.2) is 22.7 Å². The van der Waals surface area contributed by atoms with Crippen LogP contribution in [0.25, 0.3) is 11.0 Å². The Balaban J connectivity index is 0.000000960. The molecule has 1 N–H and O–H groups in total. The zero-order valence-electron chi connectivity index (χ0n) is 12.9. The lowest BCUT2D eigenvalue weighted by Crippen LogP contribution is -2.57. The molecule has 3 aliphatic rings. The monoisotopic (exact) mass is 357 g/mol. The van der Waals surface area contributed by atoms with Crippen molar-refractivity contribution in [3.05, 3.63) is 29.8 Å². The van der Waals surface area contributed by atoms with Crippen molar-refractivity contribution in [2.24, 2.45) is 5.92 Å². The first-order chi connectivity index (χ1) is 10.2. The molecule has 0 aliphatic carbocycles. The third-order valence-electron chi connectivity index (χ3n) is 4.73. The fourth-order valence-electron chi connectivity index (χ4n) is 3.57. The molecule has 5 rings (SSSR count). The molecular formula is C16H21Cl2N3O2. The Morgan fingerprint density at radius 1 is 1.30 bits per heavy atom. The van der Waals surface area contributed by atoms with Gasteiger partial charge in [0.05, 0.1) is 6.20 Å². The van der Waals surface area contributed by atoms with Gasteiger partial charge in [0, 0.05) is 18.0 Å². The predicted octanol–water partition coefficient (Wildman–Crippen LogP) is 2.80. The van der Waals surface area contributed by atoms with Gasteiger partial charge in [0.25, 0.3) is 5.91 Å². The summed E-state index contributed by atoms with van der Waals surface area (Å²) in [4.78, 5) is 19.1. The van der Waals surface area contributed by atoms with E-state index in [0.717, 1.165) is 23.3 Å². The molecule has 1 amide bonds. The van der Waals surface area contributed by atoms with Gasteiger partial charge in [0.2, 0.25) is 0 Å². The lowest BCUT2D eigenvalue weighted by atomic mass is 9.84. The molecule has 0 aromatic carbocycles. The summed E-state index contributed by atoms with van der Waals surface area (Å²) in [6.45, 7) is 5.22. The van der Waals surface area contributed by atoms with Crippen molar-refractivity contribution in [2.45, 2.75) is 25.8 Å². The van der Waals surface area contributed by atoms with Crippen LogP contribution >= 0.6 is 24.8 Å². The number of furan rings is 1. The van der Waals surface area contributed by atoms with Gasteiger partial charge in [0.15, 0.2) is 5.58 Å². The Bertz CT molecular complexity index is 696. The summed E-state index contributed by atoms with van der Waals surface area (Å²) in [5.74, 6) is 1.38. The number of amides is 1. The number of hydrogen-bond donors (Lipinski definition) is 1. The van der Waals surface area contributed by atoms with Crippen LogP contribution in [0.1, 0.15) is 29.1 Å². The normalized spacial score (nSPS) is 25.5. The second-order valence-corrected chi connectivity index (χ2v) is 6.18. The Kier molecular flexibility index (Phi) is 5.55. The second kappa shape index (κ2) is 7.07. The molecule has 7 heteroatoms. The average molecular weight is 358 g/mol. The number of pyridine rings is 1. The molecule has 2 bridgehead atoms. The van der Waals surface area contributed by atoms with E-state index in [4.69, 9.17) is 4.42 Å². The lowest BCUT2D eigenvalue weighted by Gasteiger charge is -2.44. The summed E-state index contributed by atoms with van der Waals surface area (Å²) in [6.07, 6.45) is 4.02. The highest BCUT2D eigenvalue weighted by Crippen LogP contribution is 2.27. The van der Waals surface area contributed by atoms with Crippen molar-refractivity contribution in [1.29, 1.82) is 0 Å². The maximum absolute atomic E-state index is 12.4. The van der Waals surface area contributed by atoms with Crippen LogP contribution in [-0.2, 0) is 0 Å². The van der Waals surface area contributed by atoms with Crippen molar-refractivity contribution in [3.8, 4) is 0 Å². The smallest absolute Gasteiger partial charge is 0.270 e. The minimum atomic E-state index is -0.0745. The van der Waals surface area contributed by atoms with E-state index >= 15 is 0 Å². The van der Waals surface area contributed by atoms with Gasteiger partial charge in [-0.15, -0.1) is 24.8 Å². The standard InChI is InChI=1S/C16H19N3O2.2ClH/c1-10-6-12-7-13(17-8-15(12)21-10)16(20)18-14-9-19-4-2-11(14)3-5-19;;/h6-8,11,14H,2-5,9H2,1H3,(H,18,20);2*1H/t14-;;/m0../s1. The number of halogens is 2. The predicted molar refractivity (Wildman–Crippen MR) is 93.7 cm³/mol. The van der Waals surface area contributed by atoms with Crippen molar-refractivity contribution in [1.82, 2.24) is 15.2 Å². The zero-order valence-corrected chi connectivity index (χ0v) is 14.6. The van der Waals surface area contributed by atoms with Gasteiger partial charge < -0.3 is 14.6 Å². The summed E-state index contributed by atoms with van der Waals surface area (Å²) in [6, 6.07) is 4.01. The third-order valence-corrected chi connectivity index (χ3v) is 4.73. The number of aryl methyl sites for hydroxylation is 1. The van der Waals surface area contributed by atoms with E-state index in [2.05, 4.69) is 15.2 Å². The van der Waals surface area contributed by atoms with E-state index in [-0.39, 0.29) is 36.8 Å². The van der Waals surface area contributed by atoms with Gasteiger partial charge >= 0.3 is 0 Å². The van der Waals surface area contributed by atoms with E-state index in [1.54, 1.807) is 6.20 Å². The van der Waals surface area contributed by atoms with E-state index < -0.39 is 0 Å². The number of hydrogen-bond acceptors (Lipinski definition) is 4. The molecule has 3 fully saturated rings. The number of fused-ring (bicyclic) bond motifs is 4. The number of carbonyl (C=O) groups is 1. The highest BCUT2D eigenvalue weighted by Gasteiger charge is 2.35. The molecule has 0 radical (unpaired) electrons. The first kappa shape index (κ1) is 18.0. The number of aromatic nitrogens is 1. The minimum absolute atomic E-state index is 0. The minimum Gasteiger partial charge on any atom is -0.460 e. The maximum atomic E-state index is 12.4. The van der Waals surface area contributed by atoms with E-state index in [9.17, 15) is 4.79 Å². The van der Waals surface area contributed by atoms with Crippen molar-refractivity contribution >= 4 is 41.7 Å². The van der Waals surface area contributed by atoms with Crippen LogP contribution in [0.5, 0.6) is 0 Å². The Morgan fingerprint density at radius 3 is 2.70 bits per heavy atom. The van der Waals surface area contributed by atoms with Crippen LogP contribution in [0.3, 0.4) is 0 Å². The van der Waals surface area contributed by atoms with Crippen molar-refractivity contribution in [3.63, 3.8) is 0 Å². The average Bonchev–Trinajstić information content (AvgIpc) is 2.87. The Labute approximate surface area is 147 Å². The number of carbonyl (C=O) groups excluding carboxylic acids is 1. The fraction of sp³-hybridized carbons (Fsp3) is 0.500. The van der Waals surface area contributed by atoms with Gasteiger partial charge in [0.1, 0.15) is 11.5 Å². The molecule has 5 heterocycles. The van der Waals surface area contributed by atoms with Crippen LogP contribution < -0.4 is 5.32 Å². The van der Waals surface area contributed by atoms with Crippen LogP contribution in [0.2, 0.25) is 0 Å². The lowest BCUT2D eigenvalue weighted by molar-refractivity contribution is 0.0618. The van der Waals surface area contributed by atoms with Gasteiger partial charge in [-0.05, 0) is 50.9 Å². The summed E-state index contributed by atoms with van der Waals surface area (Å²) in [5, 5.41) is 4.10. The maximum Gasteiger partial charge on any atom is 0.270 e. The van der Waals surface area contributed by atoms with Crippen LogP contribution in [-0.4, -0.2) is 41.5 Å². The SMILES string of the molecule is Cc1cc2cc(C(=O)N[C@H]3CN4CCC3CC4)ncc2o1.Cl.Cl. The molecule has 3 aliphatic heterocycles. The van der Waals surface area contributed by atoms with Crippen molar-refractivity contribution in [2.75, 3.05) is 19.6 Å². The molecular weight excluding hydrogens is 337 g/mol. The molecule has 2 aromatic heterocycles. The molecule has 126 valence electrons. The van der Waals surface area contributed by atoms with Crippen LogP contribution in [0, 0.1) is 12.8 Å². The quantitative estimate of drug-likeness (QED) is 0.897. The Morgan fingerprint density at radius 2 is 2.04 bits per heavy atom. The van der Waals surface area contributed by atoms with E-state index in [1.165, 1.54) is 25.9 Å². The third kappa shape index (κ3) is 3.47. The summed E-state index contributed by atoms with van der Waals surface area (Å²) in [7, 11) is 0. The zero-order chi connectivity index (χ0) is 14.4. The number of nitrogens with zero attached hydrogens (tertiary/aromatic N) is 2. The van der Waals surface area contributed by atoms with Crippen LogP contribution in [0.4, 0.5) is 0 Å². The Hall–Kier alpha value is -1.30. The first-order valence-electron chi connectivity index (χ1n) is 7.58. The van der Waals surface area contributed by atoms with E-state index in [1.807, 2.05) is 19.1 Å². The summed E-state index contributed by atoms with van der Waals surface area (Å²) < 4.78 is 5.49. The number of nitrogens with one attached hydrogen (secondary N) is 1. The molecule has 0 unspecified atom stereocenters. The molecule has 0 spiro atoms. The highest BCUT2D eigenvalue weighted by molar-refractivity contribution is 5.95. The molecule has 2 aromatic rings. The topological polar surface area (TPSA) is 58.4 Å². The van der Waals surface area contributed by atoms with Gasteiger partial charge in [-0.3, -0.25) is 4.79 Å². The summed E-state index contributed by atoms with van der Waals surface area (Å²) >= 11 is 0. The molecule has 23 heavy (non-hydrogen) atoms. The van der Waals surface area contributed by atoms with E-state index in [0.29, 0.717) is 11.6 Å². The van der Waals surface area contributed by atoms with Gasteiger partial charge in [-0.25, -0.2) is 4.98 Å². The van der Waals surface area contributed by atoms with Gasteiger partial charge in [-0.1, -0.05) is 0 Å². The molecule has 0 saturated carbocycles. The number of piperidine rings is 3. The largest absolute Gasteiger partial charge is 0.460 e. The molecule has 3 saturated heterocycles. The fourth-order valence-corrected chi connectivity index (χ4v) is 3.57. The summed E-state index contributed by atoms with van der Waals surface area (Å²) in [5.41, 5.74) is 1.20. The highest BCUT2D eigenvalue weighted by atomic mass is 35.5. The molecule has 5 nitrogen and oxygen atoms in total. The second-order valence-electron chi connectivity index (χ2n) is 6.18. The number of rotatable bonds is 2. The van der Waals surface area contributed by atoms with Crippen molar-refractivity contribution < 1.29 is 9.21 Å². The molecule has 1 atom stereocenters.